The van der Waals surface area contributed by atoms with Crippen LogP contribution in [0.2, 0.25) is 0 Å². The molecule has 1 fully saturated rings. The Bertz CT molecular complexity index is 236. The smallest absolute Gasteiger partial charge is 0.225 e. The minimum atomic E-state index is 0.139. The van der Waals surface area contributed by atoms with Crippen molar-refractivity contribution in [1.29, 1.82) is 0 Å². The molecule has 1 N–H and O–H groups in total. The molecule has 0 aromatic rings. The molecular formula is C9H14N2OS. The summed E-state index contributed by atoms with van der Waals surface area (Å²) in [7, 11) is 0. The van der Waals surface area contributed by atoms with Crippen molar-refractivity contribution in [3.05, 3.63) is 0 Å². The van der Waals surface area contributed by atoms with Crippen LogP contribution in [0.3, 0.4) is 0 Å². The lowest BCUT2D eigenvalue weighted by Gasteiger charge is -2.02. The van der Waals surface area contributed by atoms with Crippen LogP contribution >= 0.6 is 11.8 Å². The molecule has 0 spiro atoms. The minimum Gasteiger partial charge on any atom is -0.305 e. The van der Waals surface area contributed by atoms with Crippen molar-refractivity contribution in [3.63, 3.8) is 0 Å². The van der Waals surface area contributed by atoms with Crippen molar-refractivity contribution >= 4 is 22.8 Å². The Balaban J connectivity index is 1.64. The first-order chi connectivity index (χ1) is 6.34. The van der Waals surface area contributed by atoms with Crippen LogP contribution in [0.15, 0.2) is 4.99 Å². The van der Waals surface area contributed by atoms with Crippen molar-refractivity contribution in [2.75, 3.05) is 12.3 Å². The fourth-order valence-corrected chi connectivity index (χ4v) is 2.08. The van der Waals surface area contributed by atoms with E-state index in [-0.39, 0.29) is 5.91 Å². The number of hydrogen-bond donors (Lipinski definition) is 1. The molecule has 0 aromatic heterocycles. The molecule has 4 heteroatoms. The topological polar surface area (TPSA) is 41.5 Å². The van der Waals surface area contributed by atoms with E-state index in [2.05, 4.69) is 10.3 Å². The van der Waals surface area contributed by atoms with Crippen molar-refractivity contribution in [1.82, 2.24) is 5.32 Å². The third-order valence-corrected chi connectivity index (χ3v) is 3.20. The van der Waals surface area contributed by atoms with Gasteiger partial charge in [-0.1, -0.05) is 24.6 Å². The standard InChI is InChI=1S/C9H14N2OS/c12-8(4-3-7-1-2-7)11-9-10-5-6-13-9/h7H,1-6H2,(H,10,11,12). The highest BCUT2D eigenvalue weighted by atomic mass is 32.2. The molecular weight excluding hydrogens is 184 g/mol. The second kappa shape index (κ2) is 4.13. The van der Waals surface area contributed by atoms with E-state index in [4.69, 9.17) is 0 Å². The van der Waals surface area contributed by atoms with Gasteiger partial charge in [-0.05, 0) is 12.3 Å². The number of nitrogens with one attached hydrogen (secondary N) is 1. The van der Waals surface area contributed by atoms with Gasteiger partial charge in [-0.15, -0.1) is 0 Å². The van der Waals surface area contributed by atoms with Crippen LogP contribution in [0.5, 0.6) is 0 Å². The van der Waals surface area contributed by atoms with Gasteiger partial charge in [-0.2, -0.15) is 0 Å². The van der Waals surface area contributed by atoms with E-state index < -0.39 is 0 Å². The van der Waals surface area contributed by atoms with Gasteiger partial charge in [0, 0.05) is 12.2 Å². The zero-order chi connectivity index (χ0) is 9.10. The lowest BCUT2D eigenvalue weighted by atomic mass is 10.2. The van der Waals surface area contributed by atoms with E-state index in [0.29, 0.717) is 6.42 Å². The highest BCUT2D eigenvalue weighted by Gasteiger charge is 2.22. The summed E-state index contributed by atoms with van der Waals surface area (Å²) in [6.07, 6.45) is 4.37. The van der Waals surface area contributed by atoms with Gasteiger partial charge < -0.3 is 5.32 Å². The van der Waals surface area contributed by atoms with Gasteiger partial charge in [0.2, 0.25) is 5.91 Å². The number of nitrogens with zero attached hydrogens (tertiary/aromatic N) is 1. The lowest BCUT2D eigenvalue weighted by molar-refractivity contribution is -0.119. The summed E-state index contributed by atoms with van der Waals surface area (Å²) in [4.78, 5) is 15.5. The molecule has 0 saturated heterocycles. The lowest BCUT2D eigenvalue weighted by Crippen LogP contribution is -2.27. The molecule has 0 bridgehead atoms. The SMILES string of the molecule is O=C(CCC1CC1)NC1=NCCS1. The number of amides is 1. The molecule has 0 aromatic carbocycles. The summed E-state index contributed by atoms with van der Waals surface area (Å²) in [5.74, 6) is 1.99. The van der Waals surface area contributed by atoms with Crippen LogP contribution in [0.1, 0.15) is 25.7 Å². The van der Waals surface area contributed by atoms with Gasteiger partial charge in [0.25, 0.3) is 0 Å². The summed E-state index contributed by atoms with van der Waals surface area (Å²) >= 11 is 1.64. The Morgan fingerprint density at radius 2 is 2.46 bits per heavy atom. The number of carbonyl (C=O) groups excluding carboxylic acids is 1. The molecule has 0 radical (unpaired) electrons. The van der Waals surface area contributed by atoms with Crippen molar-refractivity contribution in [3.8, 4) is 0 Å². The third-order valence-electron chi connectivity index (χ3n) is 2.31. The highest BCUT2D eigenvalue weighted by Crippen LogP contribution is 2.33. The zero-order valence-corrected chi connectivity index (χ0v) is 8.40. The molecule has 2 aliphatic rings. The van der Waals surface area contributed by atoms with Crippen LogP contribution in [-0.2, 0) is 4.79 Å². The molecule has 13 heavy (non-hydrogen) atoms. The summed E-state index contributed by atoms with van der Waals surface area (Å²) in [5.41, 5.74) is 0. The number of rotatable bonds is 3. The van der Waals surface area contributed by atoms with Crippen LogP contribution in [0.25, 0.3) is 0 Å². The van der Waals surface area contributed by atoms with Gasteiger partial charge in [-0.3, -0.25) is 9.79 Å². The molecule has 1 amide bonds. The zero-order valence-electron chi connectivity index (χ0n) is 7.58. The average molecular weight is 198 g/mol. The second-order valence-corrected chi connectivity index (χ2v) is 4.65. The number of carbonyl (C=O) groups is 1. The molecule has 1 aliphatic carbocycles. The van der Waals surface area contributed by atoms with Gasteiger partial charge in [0.05, 0.1) is 6.54 Å². The van der Waals surface area contributed by atoms with E-state index in [1.807, 2.05) is 0 Å². The molecule has 1 aliphatic heterocycles. The minimum absolute atomic E-state index is 0.139. The number of thioether (sulfide) groups is 1. The molecule has 72 valence electrons. The van der Waals surface area contributed by atoms with Crippen LogP contribution in [0.4, 0.5) is 0 Å². The molecule has 3 nitrogen and oxygen atoms in total. The number of aliphatic imine (C=N–C) groups is 1. The fraction of sp³-hybridized carbons (Fsp3) is 0.778. The molecule has 0 atom stereocenters. The van der Waals surface area contributed by atoms with Crippen LogP contribution in [-0.4, -0.2) is 23.4 Å². The summed E-state index contributed by atoms with van der Waals surface area (Å²) < 4.78 is 0. The van der Waals surface area contributed by atoms with Crippen LogP contribution in [0, 0.1) is 5.92 Å². The second-order valence-electron chi connectivity index (χ2n) is 3.57. The number of hydrogen-bond acceptors (Lipinski definition) is 3. The third kappa shape index (κ3) is 3.03. The normalized spacial score (nSPS) is 21.4. The van der Waals surface area contributed by atoms with Gasteiger partial charge in [-0.25, -0.2) is 0 Å². The highest BCUT2D eigenvalue weighted by molar-refractivity contribution is 8.14. The Morgan fingerprint density at radius 1 is 1.62 bits per heavy atom. The fourth-order valence-electron chi connectivity index (χ4n) is 1.33. The Kier molecular flexibility index (Phi) is 2.88. The van der Waals surface area contributed by atoms with Gasteiger partial charge in [0.1, 0.15) is 0 Å². The molecule has 2 rings (SSSR count). The van der Waals surface area contributed by atoms with E-state index in [0.717, 1.165) is 29.8 Å². The first-order valence-electron chi connectivity index (χ1n) is 4.82. The molecule has 0 unspecified atom stereocenters. The summed E-state index contributed by atoms with van der Waals surface area (Å²) in [5, 5.41) is 3.66. The largest absolute Gasteiger partial charge is 0.305 e. The van der Waals surface area contributed by atoms with Crippen LogP contribution < -0.4 is 5.32 Å². The maximum absolute atomic E-state index is 11.3. The van der Waals surface area contributed by atoms with E-state index in [9.17, 15) is 4.79 Å². The van der Waals surface area contributed by atoms with E-state index in [1.54, 1.807) is 11.8 Å². The quantitative estimate of drug-likeness (QED) is 0.744. The average Bonchev–Trinajstić information content (AvgIpc) is 2.82. The Hall–Kier alpha value is -0.510. The van der Waals surface area contributed by atoms with Gasteiger partial charge >= 0.3 is 0 Å². The Morgan fingerprint density at radius 3 is 3.08 bits per heavy atom. The first-order valence-corrected chi connectivity index (χ1v) is 5.80. The number of amidine groups is 1. The predicted octanol–water partition coefficient (Wildman–Crippen LogP) is 1.40. The Labute approximate surface area is 82.4 Å². The summed E-state index contributed by atoms with van der Waals surface area (Å²) in [6, 6.07) is 0. The van der Waals surface area contributed by atoms with Crippen molar-refractivity contribution < 1.29 is 4.79 Å². The first kappa shape index (κ1) is 9.06. The van der Waals surface area contributed by atoms with Crippen molar-refractivity contribution in [2.45, 2.75) is 25.7 Å². The van der Waals surface area contributed by atoms with Crippen molar-refractivity contribution in [2.24, 2.45) is 10.9 Å². The van der Waals surface area contributed by atoms with Gasteiger partial charge in [0.15, 0.2) is 5.17 Å². The van der Waals surface area contributed by atoms with E-state index >= 15 is 0 Å². The van der Waals surface area contributed by atoms with E-state index in [1.165, 1.54) is 12.8 Å². The molecule has 1 saturated carbocycles. The monoisotopic (exact) mass is 198 g/mol. The summed E-state index contributed by atoms with van der Waals surface area (Å²) in [6.45, 7) is 0.850. The predicted molar refractivity (Wildman–Crippen MR) is 54.9 cm³/mol. The maximum atomic E-state index is 11.3. The maximum Gasteiger partial charge on any atom is 0.225 e. The molecule has 1 heterocycles.